The van der Waals surface area contributed by atoms with Crippen molar-refractivity contribution in [3.05, 3.63) is 86.3 Å². The van der Waals surface area contributed by atoms with Gasteiger partial charge < -0.3 is 19.2 Å². The molecule has 0 saturated carbocycles. The molecule has 2 aromatic heterocycles. The van der Waals surface area contributed by atoms with Gasteiger partial charge in [0.05, 0.1) is 43.0 Å². The van der Waals surface area contributed by atoms with Crippen LogP contribution in [0.15, 0.2) is 52.6 Å². The van der Waals surface area contributed by atoms with Crippen molar-refractivity contribution in [1.29, 1.82) is 0 Å². The predicted molar refractivity (Wildman–Crippen MR) is 130 cm³/mol. The lowest BCUT2D eigenvalue weighted by Crippen LogP contribution is -2.29. The Bertz CT molecular complexity index is 1560. The van der Waals surface area contributed by atoms with Gasteiger partial charge in [-0.1, -0.05) is 12.1 Å². The maximum Gasteiger partial charge on any atom is 0.338 e. The van der Waals surface area contributed by atoms with Crippen LogP contribution in [0.3, 0.4) is 0 Å². The molecule has 3 heterocycles. The van der Waals surface area contributed by atoms with Gasteiger partial charge in [-0.2, -0.15) is 0 Å². The quantitative estimate of drug-likeness (QED) is 0.300. The number of amides is 2. The number of carbonyl (C=O) groups is 3. The molecule has 2 amide bonds. The summed E-state index contributed by atoms with van der Waals surface area (Å²) in [6, 6.07) is 11.2. The average Bonchev–Trinajstić information content (AvgIpc) is 3.46. The Morgan fingerprint density at radius 1 is 1.03 bits per heavy atom. The van der Waals surface area contributed by atoms with Crippen molar-refractivity contribution < 1.29 is 28.6 Å². The highest BCUT2D eigenvalue weighted by atomic mass is 32.1. The van der Waals surface area contributed by atoms with Crippen LogP contribution in [0.2, 0.25) is 0 Å². The lowest BCUT2D eigenvalue weighted by Gasteiger charge is -2.19. The third kappa shape index (κ3) is 3.99. The summed E-state index contributed by atoms with van der Waals surface area (Å²) >= 11 is 1.27. The SMILES string of the molecule is COc1cc(C(=O)OCc2nc3ccsc3c(=O)[nH]2)cc(CN2C(=O)c3ccccc3C2=O)c1OC. The second-order valence-corrected chi connectivity index (χ2v) is 8.75. The van der Waals surface area contributed by atoms with E-state index in [0.29, 0.717) is 26.9 Å². The van der Waals surface area contributed by atoms with E-state index in [1.54, 1.807) is 35.7 Å². The fourth-order valence-corrected chi connectivity index (χ4v) is 4.76. The van der Waals surface area contributed by atoms with Gasteiger partial charge in [-0.05, 0) is 35.7 Å². The van der Waals surface area contributed by atoms with E-state index in [-0.39, 0.29) is 41.6 Å². The Hall–Kier alpha value is -4.51. The number of carbonyl (C=O) groups excluding carboxylic acids is 3. The maximum atomic E-state index is 12.9. The van der Waals surface area contributed by atoms with Crippen LogP contribution in [-0.4, -0.2) is 46.9 Å². The number of imide groups is 1. The Kier molecular flexibility index (Phi) is 5.98. The third-order valence-corrected chi connectivity index (χ3v) is 6.60. The van der Waals surface area contributed by atoms with Gasteiger partial charge in [0.2, 0.25) is 0 Å². The fourth-order valence-electron chi connectivity index (χ4n) is 4.04. The van der Waals surface area contributed by atoms with Crippen molar-refractivity contribution in [3.63, 3.8) is 0 Å². The molecule has 182 valence electrons. The number of fused-ring (bicyclic) bond motifs is 2. The van der Waals surface area contributed by atoms with Crippen LogP contribution in [0, 0.1) is 0 Å². The van der Waals surface area contributed by atoms with E-state index in [4.69, 9.17) is 14.2 Å². The molecule has 0 saturated heterocycles. The number of nitrogens with zero attached hydrogens (tertiary/aromatic N) is 2. The van der Waals surface area contributed by atoms with Crippen molar-refractivity contribution in [3.8, 4) is 11.5 Å². The Morgan fingerprint density at radius 2 is 1.75 bits per heavy atom. The van der Waals surface area contributed by atoms with Crippen LogP contribution in [-0.2, 0) is 17.9 Å². The molecule has 36 heavy (non-hydrogen) atoms. The summed E-state index contributed by atoms with van der Waals surface area (Å²) in [6.07, 6.45) is 0. The van der Waals surface area contributed by atoms with E-state index in [1.165, 1.54) is 37.7 Å². The van der Waals surface area contributed by atoms with Gasteiger partial charge in [-0.25, -0.2) is 9.78 Å². The molecule has 0 bridgehead atoms. The van der Waals surface area contributed by atoms with Crippen molar-refractivity contribution >= 4 is 39.3 Å². The average molecular weight is 506 g/mol. The number of ether oxygens (including phenoxy) is 3. The van der Waals surface area contributed by atoms with Gasteiger partial charge in [-0.3, -0.25) is 19.3 Å². The molecule has 4 aromatic rings. The number of benzene rings is 2. The van der Waals surface area contributed by atoms with Crippen molar-refractivity contribution in [1.82, 2.24) is 14.9 Å². The van der Waals surface area contributed by atoms with E-state index >= 15 is 0 Å². The lowest BCUT2D eigenvalue weighted by molar-refractivity contribution is 0.0461. The Morgan fingerprint density at radius 3 is 2.42 bits per heavy atom. The number of rotatable bonds is 7. The summed E-state index contributed by atoms with van der Waals surface area (Å²) in [6.45, 7) is -0.404. The second kappa shape index (κ2) is 9.27. The van der Waals surface area contributed by atoms with Crippen LogP contribution in [0.1, 0.15) is 42.5 Å². The minimum Gasteiger partial charge on any atom is -0.493 e. The lowest BCUT2D eigenvalue weighted by atomic mass is 10.1. The number of thiophene rings is 1. The van der Waals surface area contributed by atoms with Gasteiger partial charge in [0.1, 0.15) is 17.1 Å². The number of aromatic nitrogens is 2. The molecule has 0 aliphatic carbocycles. The molecule has 11 heteroatoms. The largest absolute Gasteiger partial charge is 0.493 e. The number of nitrogens with one attached hydrogen (secondary N) is 1. The smallest absolute Gasteiger partial charge is 0.338 e. The van der Waals surface area contributed by atoms with Gasteiger partial charge in [0.25, 0.3) is 17.4 Å². The number of methoxy groups -OCH3 is 2. The van der Waals surface area contributed by atoms with Crippen molar-refractivity contribution in [2.24, 2.45) is 0 Å². The molecule has 5 rings (SSSR count). The highest BCUT2D eigenvalue weighted by Crippen LogP contribution is 2.35. The summed E-state index contributed by atoms with van der Waals surface area (Å²) in [5, 5.41) is 1.75. The maximum absolute atomic E-state index is 12.9. The zero-order valence-electron chi connectivity index (χ0n) is 19.2. The number of aromatic amines is 1. The minimum absolute atomic E-state index is 0.109. The van der Waals surface area contributed by atoms with Gasteiger partial charge in [-0.15, -0.1) is 11.3 Å². The summed E-state index contributed by atoms with van der Waals surface area (Å²) in [5.41, 5.74) is 1.32. The molecule has 1 aliphatic rings. The van der Waals surface area contributed by atoms with Gasteiger partial charge in [0.15, 0.2) is 11.5 Å². The number of esters is 1. The molecule has 1 N–H and O–H groups in total. The molecule has 1 aliphatic heterocycles. The first-order valence-corrected chi connectivity index (χ1v) is 11.6. The van der Waals surface area contributed by atoms with Crippen molar-refractivity contribution in [2.75, 3.05) is 14.2 Å². The van der Waals surface area contributed by atoms with Crippen LogP contribution in [0.25, 0.3) is 10.2 Å². The van der Waals surface area contributed by atoms with Gasteiger partial charge >= 0.3 is 5.97 Å². The Balaban J connectivity index is 1.41. The molecule has 0 radical (unpaired) electrons. The molecule has 0 fully saturated rings. The van der Waals surface area contributed by atoms with Crippen LogP contribution in [0.4, 0.5) is 0 Å². The second-order valence-electron chi connectivity index (χ2n) is 7.84. The van der Waals surface area contributed by atoms with Gasteiger partial charge in [0, 0.05) is 5.56 Å². The molecule has 0 unspecified atom stereocenters. The molecule has 0 atom stereocenters. The molecule has 10 nitrogen and oxygen atoms in total. The normalized spacial score (nSPS) is 12.7. The van der Waals surface area contributed by atoms with E-state index < -0.39 is 17.8 Å². The molecule has 2 aromatic carbocycles. The molecule has 0 spiro atoms. The number of hydrogen-bond acceptors (Lipinski definition) is 9. The predicted octanol–water partition coefficient (Wildman–Crippen LogP) is 3.16. The Labute approximate surface area is 208 Å². The standard InChI is InChI=1S/C25H19N3O7S/c1-33-18-10-13(25(32)35-12-19-26-17-7-8-36-21(17)22(29)27-19)9-14(20(18)34-2)11-28-23(30)15-5-3-4-6-16(15)24(28)31/h3-10H,11-12H2,1-2H3,(H,26,27,29). The first-order chi connectivity index (χ1) is 17.4. The van der Waals surface area contributed by atoms with E-state index in [0.717, 1.165) is 4.90 Å². The first kappa shape index (κ1) is 23.2. The monoisotopic (exact) mass is 505 g/mol. The van der Waals surface area contributed by atoms with Crippen molar-refractivity contribution in [2.45, 2.75) is 13.2 Å². The number of H-pyrrole nitrogens is 1. The zero-order valence-corrected chi connectivity index (χ0v) is 20.0. The topological polar surface area (TPSA) is 128 Å². The third-order valence-electron chi connectivity index (χ3n) is 5.70. The number of hydrogen-bond donors (Lipinski definition) is 1. The molecular formula is C25H19N3O7S. The highest BCUT2D eigenvalue weighted by molar-refractivity contribution is 7.17. The summed E-state index contributed by atoms with van der Waals surface area (Å²) in [5.74, 6) is -0.894. The van der Waals surface area contributed by atoms with Crippen LogP contribution >= 0.6 is 11.3 Å². The van der Waals surface area contributed by atoms with E-state index in [9.17, 15) is 19.2 Å². The van der Waals surface area contributed by atoms with E-state index in [2.05, 4.69) is 9.97 Å². The first-order valence-electron chi connectivity index (χ1n) is 10.7. The zero-order chi connectivity index (χ0) is 25.4. The summed E-state index contributed by atoms with van der Waals surface area (Å²) in [7, 11) is 2.83. The van der Waals surface area contributed by atoms with Crippen LogP contribution < -0.4 is 15.0 Å². The summed E-state index contributed by atoms with van der Waals surface area (Å²) in [4.78, 5) is 58.7. The fraction of sp³-hybridized carbons (Fsp3) is 0.160. The van der Waals surface area contributed by atoms with Crippen LogP contribution in [0.5, 0.6) is 11.5 Å². The molecular weight excluding hydrogens is 486 g/mol. The summed E-state index contributed by atoms with van der Waals surface area (Å²) < 4.78 is 16.7. The minimum atomic E-state index is -0.715. The van der Waals surface area contributed by atoms with E-state index in [1.807, 2.05) is 0 Å². The highest BCUT2D eigenvalue weighted by Gasteiger charge is 2.36.